The van der Waals surface area contributed by atoms with Gasteiger partial charge in [0.25, 0.3) is 0 Å². The average molecular weight is 297 g/mol. The summed E-state index contributed by atoms with van der Waals surface area (Å²) < 4.78 is 5.89. The van der Waals surface area contributed by atoms with E-state index in [1.54, 1.807) is 12.1 Å². The molecule has 2 aromatic carbocycles. The summed E-state index contributed by atoms with van der Waals surface area (Å²) >= 11 is 0. The molecule has 1 aliphatic heterocycles. The molecule has 1 unspecified atom stereocenters. The molecule has 0 saturated heterocycles. The van der Waals surface area contributed by atoms with Crippen LogP contribution in [0.15, 0.2) is 42.5 Å². The molecule has 0 aliphatic carbocycles. The standard InChI is InChI=1S/C18H19NO3/c1-12-3-8-17-16(9-12)19(10-13(2)22-17)11-14-4-6-15(7-5-14)18(20)21/h3-9,13H,10-11H2,1-2H3,(H,20,21). The van der Waals surface area contributed by atoms with Crippen LogP contribution >= 0.6 is 0 Å². The second-order valence-electron chi connectivity index (χ2n) is 5.78. The molecule has 114 valence electrons. The summed E-state index contributed by atoms with van der Waals surface area (Å²) in [6, 6.07) is 13.2. The van der Waals surface area contributed by atoms with Crippen LogP contribution in [0.1, 0.15) is 28.4 Å². The molecule has 0 saturated carbocycles. The number of rotatable bonds is 3. The number of carboxylic acid groups (broad SMARTS) is 1. The van der Waals surface area contributed by atoms with Gasteiger partial charge in [0, 0.05) is 6.54 Å². The van der Waals surface area contributed by atoms with E-state index in [0.717, 1.165) is 30.1 Å². The minimum Gasteiger partial charge on any atom is -0.487 e. The summed E-state index contributed by atoms with van der Waals surface area (Å²) in [4.78, 5) is 13.2. The number of aromatic carboxylic acids is 1. The molecular formula is C18H19NO3. The Hall–Kier alpha value is -2.49. The first kappa shape index (κ1) is 14.4. The molecule has 3 rings (SSSR count). The smallest absolute Gasteiger partial charge is 0.335 e. The minimum atomic E-state index is -0.896. The number of fused-ring (bicyclic) bond motifs is 1. The molecule has 0 radical (unpaired) electrons. The van der Waals surface area contributed by atoms with E-state index < -0.39 is 5.97 Å². The van der Waals surface area contributed by atoms with Crippen molar-refractivity contribution in [2.75, 3.05) is 11.4 Å². The van der Waals surface area contributed by atoms with Gasteiger partial charge in [-0.25, -0.2) is 4.79 Å². The first-order chi connectivity index (χ1) is 10.5. The van der Waals surface area contributed by atoms with Crippen molar-refractivity contribution < 1.29 is 14.6 Å². The van der Waals surface area contributed by atoms with E-state index in [4.69, 9.17) is 9.84 Å². The van der Waals surface area contributed by atoms with Crippen molar-refractivity contribution >= 4 is 11.7 Å². The fraction of sp³-hybridized carbons (Fsp3) is 0.278. The van der Waals surface area contributed by atoms with Crippen molar-refractivity contribution in [2.45, 2.75) is 26.5 Å². The van der Waals surface area contributed by atoms with Gasteiger partial charge >= 0.3 is 5.97 Å². The van der Waals surface area contributed by atoms with Gasteiger partial charge in [-0.3, -0.25) is 0 Å². The van der Waals surface area contributed by atoms with Crippen LogP contribution in [-0.4, -0.2) is 23.7 Å². The molecule has 22 heavy (non-hydrogen) atoms. The zero-order valence-electron chi connectivity index (χ0n) is 12.7. The lowest BCUT2D eigenvalue weighted by molar-refractivity contribution is 0.0697. The summed E-state index contributed by atoms with van der Waals surface area (Å²) in [6.45, 7) is 5.68. The van der Waals surface area contributed by atoms with E-state index in [-0.39, 0.29) is 6.10 Å². The summed E-state index contributed by atoms with van der Waals surface area (Å²) in [6.07, 6.45) is 0.133. The SMILES string of the molecule is Cc1ccc2c(c1)N(Cc1ccc(C(=O)O)cc1)CC(C)O2. The van der Waals surface area contributed by atoms with Crippen LogP contribution in [-0.2, 0) is 6.54 Å². The predicted octanol–water partition coefficient (Wildman–Crippen LogP) is 3.48. The molecule has 4 nitrogen and oxygen atoms in total. The summed E-state index contributed by atoms with van der Waals surface area (Å²) in [5.74, 6) is 0.0130. The number of nitrogens with zero attached hydrogens (tertiary/aromatic N) is 1. The van der Waals surface area contributed by atoms with Crippen LogP contribution in [0.4, 0.5) is 5.69 Å². The van der Waals surface area contributed by atoms with Crippen LogP contribution < -0.4 is 9.64 Å². The maximum Gasteiger partial charge on any atom is 0.335 e. The summed E-state index contributed by atoms with van der Waals surface area (Å²) in [5, 5.41) is 8.97. The van der Waals surface area contributed by atoms with Gasteiger partial charge in [0.05, 0.1) is 17.8 Å². The molecule has 1 aliphatic rings. The Kier molecular flexibility index (Phi) is 3.75. The highest BCUT2D eigenvalue weighted by Crippen LogP contribution is 2.35. The molecular weight excluding hydrogens is 278 g/mol. The topological polar surface area (TPSA) is 49.8 Å². The predicted molar refractivity (Wildman–Crippen MR) is 85.7 cm³/mol. The van der Waals surface area contributed by atoms with Gasteiger partial charge in [-0.15, -0.1) is 0 Å². The van der Waals surface area contributed by atoms with E-state index in [1.165, 1.54) is 5.56 Å². The number of carboxylic acids is 1. The third-order valence-corrected chi connectivity index (χ3v) is 3.84. The Bertz CT molecular complexity index is 694. The fourth-order valence-electron chi connectivity index (χ4n) is 2.76. The highest BCUT2D eigenvalue weighted by Gasteiger charge is 2.23. The van der Waals surface area contributed by atoms with Gasteiger partial charge in [0.2, 0.25) is 0 Å². The van der Waals surface area contributed by atoms with E-state index >= 15 is 0 Å². The zero-order valence-corrected chi connectivity index (χ0v) is 12.7. The molecule has 1 atom stereocenters. The molecule has 0 amide bonds. The van der Waals surface area contributed by atoms with Crippen LogP contribution in [0, 0.1) is 6.92 Å². The first-order valence-electron chi connectivity index (χ1n) is 7.37. The number of benzene rings is 2. The number of aryl methyl sites for hydroxylation is 1. The van der Waals surface area contributed by atoms with Crippen molar-refractivity contribution in [3.63, 3.8) is 0 Å². The normalized spacial score (nSPS) is 16.8. The number of ether oxygens (including phenoxy) is 1. The minimum absolute atomic E-state index is 0.133. The third-order valence-electron chi connectivity index (χ3n) is 3.84. The van der Waals surface area contributed by atoms with E-state index in [2.05, 4.69) is 30.9 Å². The Balaban J connectivity index is 1.86. The fourth-order valence-corrected chi connectivity index (χ4v) is 2.76. The van der Waals surface area contributed by atoms with Gasteiger partial charge in [0.1, 0.15) is 11.9 Å². The second kappa shape index (κ2) is 5.72. The monoisotopic (exact) mass is 297 g/mol. The van der Waals surface area contributed by atoms with Crippen molar-refractivity contribution in [2.24, 2.45) is 0 Å². The summed E-state index contributed by atoms with van der Waals surface area (Å²) in [5.41, 5.74) is 3.70. The lowest BCUT2D eigenvalue weighted by Gasteiger charge is -2.35. The third kappa shape index (κ3) is 2.91. The lowest BCUT2D eigenvalue weighted by Crippen LogP contribution is -2.38. The Morgan fingerprint density at radius 1 is 1.27 bits per heavy atom. The Morgan fingerprint density at radius 2 is 2.00 bits per heavy atom. The molecule has 1 N–H and O–H groups in total. The second-order valence-corrected chi connectivity index (χ2v) is 5.78. The van der Waals surface area contributed by atoms with E-state index in [1.807, 2.05) is 18.2 Å². The number of hydrogen-bond acceptors (Lipinski definition) is 3. The maximum absolute atomic E-state index is 10.9. The van der Waals surface area contributed by atoms with Gasteiger partial charge in [-0.2, -0.15) is 0 Å². The van der Waals surface area contributed by atoms with Gasteiger partial charge < -0.3 is 14.7 Å². The summed E-state index contributed by atoms with van der Waals surface area (Å²) in [7, 11) is 0. The maximum atomic E-state index is 10.9. The van der Waals surface area contributed by atoms with Gasteiger partial charge in [-0.05, 0) is 49.2 Å². The Morgan fingerprint density at radius 3 is 2.68 bits per heavy atom. The molecule has 0 spiro atoms. The molecule has 1 heterocycles. The first-order valence-corrected chi connectivity index (χ1v) is 7.37. The van der Waals surface area contributed by atoms with Crippen molar-refractivity contribution in [3.8, 4) is 5.75 Å². The van der Waals surface area contributed by atoms with Crippen molar-refractivity contribution in [1.29, 1.82) is 0 Å². The quantitative estimate of drug-likeness (QED) is 0.942. The van der Waals surface area contributed by atoms with Crippen molar-refractivity contribution in [1.82, 2.24) is 0 Å². The van der Waals surface area contributed by atoms with E-state index in [9.17, 15) is 4.79 Å². The molecule has 2 aromatic rings. The highest BCUT2D eigenvalue weighted by atomic mass is 16.5. The molecule has 0 bridgehead atoms. The van der Waals surface area contributed by atoms with Crippen LogP contribution in [0.2, 0.25) is 0 Å². The number of carbonyl (C=O) groups is 1. The van der Waals surface area contributed by atoms with Gasteiger partial charge in [0.15, 0.2) is 0 Å². The number of anilines is 1. The number of hydrogen-bond donors (Lipinski definition) is 1. The molecule has 4 heteroatoms. The highest BCUT2D eigenvalue weighted by molar-refractivity contribution is 5.87. The molecule has 0 aromatic heterocycles. The van der Waals surface area contributed by atoms with Gasteiger partial charge in [-0.1, -0.05) is 18.2 Å². The Labute approximate surface area is 130 Å². The van der Waals surface area contributed by atoms with Crippen LogP contribution in [0.3, 0.4) is 0 Å². The van der Waals surface area contributed by atoms with Crippen LogP contribution in [0.25, 0.3) is 0 Å². The molecule has 0 fully saturated rings. The van der Waals surface area contributed by atoms with Crippen molar-refractivity contribution in [3.05, 3.63) is 59.2 Å². The van der Waals surface area contributed by atoms with Crippen LogP contribution in [0.5, 0.6) is 5.75 Å². The zero-order chi connectivity index (χ0) is 15.7. The lowest BCUT2D eigenvalue weighted by atomic mass is 10.1. The van der Waals surface area contributed by atoms with E-state index in [0.29, 0.717) is 5.56 Å². The average Bonchev–Trinajstić information content (AvgIpc) is 2.48. The largest absolute Gasteiger partial charge is 0.487 e.